The number of benzene rings is 1. The van der Waals surface area contributed by atoms with Crippen LogP contribution in [0.2, 0.25) is 0 Å². The lowest BCUT2D eigenvalue weighted by Gasteiger charge is -2.27. The van der Waals surface area contributed by atoms with Crippen molar-refractivity contribution in [1.29, 1.82) is 0 Å². The molecular formula is C19H20N2O3. The molecule has 0 spiro atoms. The first kappa shape index (κ1) is 16.1. The van der Waals surface area contributed by atoms with E-state index in [4.69, 9.17) is 4.42 Å². The minimum atomic E-state index is -0.307. The summed E-state index contributed by atoms with van der Waals surface area (Å²) in [5, 5.41) is 2.74. The number of nitrogens with one attached hydrogen (secondary N) is 1. The van der Waals surface area contributed by atoms with Crippen molar-refractivity contribution in [2.75, 3.05) is 13.1 Å². The average Bonchev–Trinajstić information content (AvgIpc) is 3.15. The van der Waals surface area contributed by atoms with E-state index in [1.807, 2.05) is 6.07 Å². The molecule has 1 aromatic heterocycles. The fourth-order valence-corrected chi connectivity index (χ4v) is 2.72. The standard InChI is InChI=1S/C19H20N2O3/c22-18(15-8-3-1-4-9-15)20-17(14-16-10-7-13-24-16)19(23)21-11-5-2-6-12-21/h1,3-4,7-10,13-14H,2,5-6,11-12H2,(H,20,22)/b17-14+. The SMILES string of the molecule is O=C(N/C(=C/c1ccco1)C(=O)N1CCCCC1)c1ccccc1. The van der Waals surface area contributed by atoms with E-state index in [1.165, 1.54) is 6.26 Å². The lowest BCUT2D eigenvalue weighted by Crippen LogP contribution is -2.41. The second-order valence-corrected chi connectivity index (χ2v) is 5.75. The van der Waals surface area contributed by atoms with Gasteiger partial charge in [0.05, 0.1) is 6.26 Å². The second-order valence-electron chi connectivity index (χ2n) is 5.75. The summed E-state index contributed by atoms with van der Waals surface area (Å²) in [6.07, 6.45) is 6.24. The maximum Gasteiger partial charge on any atom is 0.270 e. The molecule has 124 valence electrons. The van der Waals surface area contributed by atoms with Crippen LogP contribution in [-0.4, -0.2) is 29.8 Å². The number of hydrogen-bond donors (Lipinski definition) is 1. The number of likely N-dealkylation sites (tertiary alicyclic amines) is 1. The predicted molar refractivity (Wildman–Crippen MR) is 91.0 cm³/mol. The third kappa shape index (κ3) is 3.93. The smallest absolute Gasteiger partial charge is 0.270 e. The van der Waals surface area contributed by atoms with Gasteiger partial charge in [0.15, 0.2) is 0 Å². The molecule has 0 atom stereocenters. The van der Waals surface area contributed by atoms with E-state index < -0.39 is 0 Å². The van der Waals surface area contributed by atoms with Crippen molar-refractivity contribution in [3.8, 4) is 0 Å². The van der Waals surface area contributed by atoms with Gasteiger partial charge in [0, 0.05) is 24.7 Å². The number of piperidine rings is 1. The zero-order valence-corrected chi connectivity index (χ0v) is 13.4. The molecule has 5 heteroatoms. The van der Waals surface area contributed by atoms with Gasteiger partial charge in [-0.2, -0.15) is 0 Å². The molecule has 1 N–H and O–H groups in total. The monoisotopic (exact) mass is 324 g/mol. The number of rotatable bonds is 4. The molecule has 1 fully saturated rings. The van der Waals surface area contributed by atoms with Crippen LogP contribution in [0.3, 0.4) is 0 Å². The number of carbonyl (C=O) groups is 2. The summed E-state index contributed by atoms with van der Waals surface area (Å²) in [5.74, 6) is 0.0536. The topological polar surface area (TPSA) is 62.6 Å². The Hall–Kier alpha value is -2.82. The highest BCUT2D eigenvalue weighted by Gasteiger charge is 2.22. The molecule has 0 aliphatic carbocycles. The maximum atomic E-state index is 12.8. The van der Waals surface area contributed by atoms with Crippen LogP contribution in [0, 0.1) is 0 Å². The Morgan fingerprint density at radius 2 is 1.75 bits per heavy atom. The number of furan rings is 1. The minimum absolute atomic E-state index is 0.171. The van der Waals surface area contributed by atoms with Crippen LogP contribution < -0.4 is 5.32 Å². The molecular weight excluding hydrogens is 304 g/mol. The third-order valence-corrected chi connectivity index (χ3v) is 3.99. The molecule has 5 nitrogen and oxygen atoms in total. The van der Waals surface area contributed by atoms with E-state index in [0.717, 1.165) is 32.4 Å². The Balaban J connectivity index is 1.82. The Bertz CT molecular complexity index is 714. The first-order valence-corrected chi connectivity index (χ1v) is 8.15. The van der Waals surface area contributed by atoms with Gasteiger partial charge in [-0.25, -0.2) is 0 Å². The Kier molecular flexibility index (Phi) is 5.11. The Morgan fingerprint density at radius 1 is 1.00 bits per heavy atom. The van der Waals surface area contributed by atoms with Gasteiger partial charge in [-0.1, -0.05) is 18.2 Å². The summed E-state index contributed by atoms with van der Waals surface area (Å²) in [6, 6.07) is 12.3. The summed E-state index contributed by atoms with van der Waals surface area (Å²) in [4.78, 5) is 27.0. The highest BCUT2D eigenvalue weighted by atomic mass is 16.3. The highest BCUT2D eigenvalue weighted by Crippen LogP contribution is 2.14. The first-order valence-electron chi connectivity index (χ1n) is 8.15. The number of nitrogens with zero attached hydrogens (tertiary/aromatic N) is 1. The Labute approximate surface area is 141 Å². The van der Waals surface area contributed by atoms with Crippen molar-refractivity contribution in [3.05, 3.63) is 65.7 Å². The second kappa shape index (κ2) is 7.64. The highest BCUT2D eigenvalue weighted by molar-refractivity contribution is 6.05. The molecule has 2 heterocycles. The molecule has 2 amide bonds. The molecule has 1 aromatic carbocycles. The zero-order valence-electron chi connectivity index (χ0n) is 13.4. The quantitative estimate of drug-likeness (QED) is 0.879. The zero-order chi connectivity index (χ0) is 16.8. The van der Waals surface area contributed by atoms with Crippen molar-refractivity contribution >= 4 is 17.9 Å². The maximum absolute atomic E-state index is 12.8. The molecule has 1 aliphatic heterocycles. The van der Waals surface area contributed by atoms with Gasteiger partial charge >= 0.3 is 0 Å². The fraction of sp³-hybridized carbons (Fsp3) is 0.263. The summed E-state index contributed by atoms with van der Waals surface area (Å²) in [6.45, 7) is 1.44. The number of hydrogen-bond acceptors (Lipinski definition) is 3. The molecule has 1 saturated heterocycles. The molecule has 24 heavy (non-hydrogen) atoms. The first-order chi connectivity index (χ1) is 11.7. The van der Waals surface area contributed by atoms with Gasteiger partial charge in [-0.3, -0.25) is 9.59 Å². The van der Waals surface area contributed by atoms with E-state index in [-0.39, 0.29) is 17.5 Å². The minimum Gasteiger partial charge on any atom is -0.465 e. The summed E-state index contributed by atoms with van der Waals surface area (Å²) in [7, 11) is 0. The summed E-state index contributed by atoms with van der Waals surface area (Å²) in [5.41, 5.74) is 0.745. The van der Waals surface area contributed by atoms with Gasteiger partial charge in [-0.15, -0.1) is 0 Å². The van der Waals surface area contributed by atoms with Crippen LogP contribution in [-0.2, 0) is 4.79 Å². The van der Waals surface area contributed by atoms with Crippen LogP contribution in [0.1, 0.15) is 35.4 Å². The predicted octanol–water partition coefficient (Wildman–Crippen LogP) is 3.06. The molecule has 2 aromatic rings. The van der Waals surface area contributed by atoms with Crippen molar-refractivity contribution in [3.63, 3.8) is 0 Å². The van der Waals surface area contributed by atoms with Gasteiger partial charge < -0.3 is 14.6 Å². The van der Waals surface area contributed by atoms with Gasteiger partial charge in [-0.05, 0) is 43.5 Å². The molecule has 0 bridgehead atoms. The molecule has 1 aliphatic rings. The van der Waals surface area contributed by atoms with E-state index in [9.17, 15) is 9.59 Å². The lowest BCUT2D eigenvalue weighted by atomic mass is 10.1. The van der Waals surface area contributed by atoms with Crippen LogP contribution >= 0.6 is 0 Å². The third-order valence-electron chi connectivity index (χ3n) is 3.99. The van der Waals surface area contributed by atoms with Gasteiger partial charge in [0.2, 0.25) is 0 Å². The van der Waals surface area contributed by atoms with Gasteiger partial charge in [0.25, 0.3) is 11.8 Å². The van der Waals surface area contributed by atoms with Crippen molar-refractivity contribution in [2.45, 2.75) is 19.3 Å². The summed E-state index contributed by atoms with van der Waals surface area (Å²) >= 11 is 0. The Morgan fingerprint density at radius 3 is 2.42 bits per heavy atom. The number of carbonyl (C=O) groups excluding carboxylic acids is 2. The van der Waals surface area contributed by atoms with E-state index in [0.29, 0.717) is 11.3 Å². The molecule has 0 unspecified atom stereocenters. The fourth-order valence-electron chi connectivity index (χ4n) is 2.72. The van der Waals surface area contributed by atoms with Crippen molar-refractivity contribution in [2.24, 2.45) is 0 Å². The molecule has 0 radical (unpaired) electrons. The molecule has 0 saturated carbocycles. The van der Waals surface area contributed by atoms with Crippen molar-refractivity contribution < 1.29 is 14.0 Å². The van der Waals surface area contributed by atoms with Crippen LogP contribution in [0.25, 0.3) is 6.08 Å². The summed E-state index contributed by atoms with van der Waals surface area (Å²) < 4.78 is 5.29. The average molecular weight is 324 g/mol. The van der Waals surface area contributed by atoms with E-state index in [1.54, 1.807) is 47.4 Å². The lowest BCUT2D eigenvalue weighted by molar-refractivity contribution is -0.128. The van der Waals surface area contributed by atoms with Crippen LogP contribution in [0.4, 0.5) is 0 Å². The van der Waals surface area contributed by atoms with Gasteiger partial charge in [0.1, 0.15) is 11.5 Å². The molecule has 3 rings (SSSR count). The largest absolute Gasteiger partial charge is 0.465 e. The number of amides is 2. The van der Waals surface area contributed by atoms with E-state index >= 15 is 0 Å². The van der Waals surface area contributed by atoms with Crippen LogP contribution in [0.5, 0.6) is 0 Å². The normalized spacial score (nSPS) is 15.2. The van der Waals surface area contributed by atoms with Crippen LogP contribution in [0.15, 0.2) is 58.8 Å². The van der Waals surface area contributed by atoms with Crippen molar-refractivity contribution in [1.82, 2.24) is 10.2 Å². The van der Waals surface area contributed by atoms with E-state index in [2.05, 4.69) is 5.32 Å².